The van der Waals surface area contributed by atoms with E-state index in [-0.39, 0.29) is 30.0 Å². The molecule has 0 saturated heterocycles. The SMILES string of the molecule is O=c1[nH]c(-c2ccc(OCCCC(F)(F)F)cc2)cc(-c2ccn(CC3CC3)n2)c1-c1nnn[nH]1. The summed E-state index contributed by atoms with van der Waals surface area (Å²) in [6, 6.07) is 10.4. The highest BCUT2D eigenvalue weighted by Gasteiger charge is 2.26. The molecule has 3 aromatic heterocycles. The first kappa shape index (κ1) is 22.8. The molecule has 9 nitrogen and oxygen atoms in total. The lowest BCUT2D eigenvalue weighted by molar-refractivity contribution is -0.136. The lowest BCUT2D eigenvalue weighted by Crippen LogP contribution is -2.13. The number of alkyl halides is 3. The summed E-state index contributed by atoms with van der Waals surface area (Å²) in [6.45, 7) is 0.795. The van der Waals surface area contributed by atoms with E-state index < -0.39 is 12.6 Å². The fourth-order valence-electron chi connectivity index (χ4n) is 3.78. The summed E-state index contributed by atoms with van der Waals surface area (Å²) in [7, 11) is 0. The number of ether oxygens (including phenoxy) is 1. The van der Waals surface area contributed by atoms with Gasteiger partial charge in [-0.2, -0.15) is 18.3 Å². The van der Waals surface area contributed by atoms with Gasteiger partial charge >= 0.3 is 6.18 Å². The van der Waals surface area contributed by atoms with Crippen molar-refractivity contribution in [1.82, 2.24) is 35.4 Å². The molecule has 0 radical (unpaired) electrons. The number of hydrogen-bond acceptors (Lipinski definition) is 6. The number of halogens is 3. The molecule has 0 unspecified atom stereocenters. The minimum atomic E-state index is -4.20. The van der Waals surface area contributed by atoms with Crippen LogP contribution in [-0.4, -0.2) is 48.2 Å². The van der Waals surface area contributed by atoms with Gasteiger partial charge in [0, 0.05) is 30.4 Å². The van der Waals surface area contributed by atoms with E-state index in [9.17, 15) is 18.0 Å². The molecule has 3 heterocycles. The third-order valence-corrected chi connectivity index (χ3v) is 5.71. The van der Waals surface area contributed by atoms with Crippen LogP contribution in [0.2, 0.25) is 0 Å². The van der Waals surface area contributed by atoms with Crippen LogP contribution >= 0.6 is 0 Å². The minimum absolute atomic E-state index is 0.0384. The molecule has 1 aromatic carbocycles. The third kappa shape index (κ3) is 5.58. The van der Waals surface area contributed by atoms with Gasteiger partial charge in [-0.05, 0) is 77.6 Å². The number of nitrogens with one attached hydrogen (secondary N) is 2. The van der Waals surface area contributed by atoms with Crippen molar-refractivity contribution >= 4 is 0 Å². The number of H-pyrrole nitrogens is 2. The first-order valence-electron chi connectivity index (χ1n) is 11.2. The molecule has 12 heteroatoms. The smallest absolute Gasteiger partial charge is 0.389 e. The zero-order valence-corrected chi connectivity index (χ0v) is 18.5. The molecule has 35 heavy (non-hydrogen) atoms. The summed E-state index contributed by atoms with van der Waals surface area (Å²) < 4.78 is 44.1. The molecule has 1 fully saturated rings. The monoisotopic (exact) mass is 485 g/mol. The largest absolute Gasteiger partial charge is 0.494 e. The number of hydrogen-bond donors (Lipinski definition) is 2. The van der Waals surface area contributed by atoms with E-state index in [0.717, 1.165) is 6.54 Å². The van der Waals surface area contributed by atoms with E-state index in [2.05, 4.69) is 30.7 Å². The number of benzene rings is 1. The van der Waals surface area contributed by atoms with Crippen LogP contribution in [0.25, 0.3) is 33.9 Å². The second-order valence-corrected chi connectivity index (χ2v) is 8.51. The molecule has 2 N–H and O–H groups in total. The van der Waals surface area contributed by atoms with Gasteiger partial charge in [-0.3, -0.25) is 9.48 Å². The molecule has 0 aliphatic heterocycles. The summed E-state index contributed by atoms with van der Waals surface area (Å²) >= 11 is 0. The van der Waals surface area contributed by atoms with Crippen molar-refractivity contribution in [3.05, 3.63) is 52.9 Å². The van der Waals surface area contributed by atoms with Crippen LogP contribution in [0.1, 0.15) is 25.7 Å². The molecule has 5 rings (SSSR count). The summed E-state index contributed by atoms with van der Waals surface area (Å²) in [5, 5.41) is 18.4. The maximum Gasteiger partial charge on any atom is 0.389 e. The summed E-state index contributed by atoms with van der Waals surface area (Å²) in [6.07, 6.45) is -0.922. The molecule has 4 aromatic rings. The van der Waals surface area contributed by atoms with Crippen LogP contribution < -0.4 is 10.3 Å². The van der Waals surface area contributed by atoms with E-state index >= 15 is 0 Å². The molecular formula is C23H22F3N7O2. The minimum Gasteiger partial charge on any atom is -0.494 e. The number of tetrazole rings is 1. The lowest BCUT2D eigenvalue weighted by Gasteiger charge is -2.10. The Bertz CT molecular complexity index is 1340. The lowest BCUT2D eigenvalue weighted by atomic mass is 10.0. The van der Waals surface area contributed by atoms with Crippen LogP contribution in [0.3, 0.4) is 0 Å². The Hall–Kier alpha value is -3.96. The normalized spacial score (nSPS) is 13.8. The highest BCUT2D eigenvalue weighted by molar-refractivity contribution is 5.81. The van der Waals surface area contributed by atoms with Crippen molar-refractivity contribution < 1.29 is 17.9 Å². The van der Waals surface area contributed by atoms with Crippen LogP contribution in [0.5, 0.6) is 5.75 Å². The third-order valence-electron chi connectivity index (χ3n) is 5.71. The van der Waals surface area contributed by atoms with E-state index in [1.165, 1.54) is 12.8 Å². The molecular weight excluding hydrogens is 463 g/mol. The van der Waals surface area contributed by atoms with Crippen molar-refractivity contribution in [2.45, 2.75) is 38.4 Å². The predicted octanol–water partition coefficient (Wildman–Crippen LogP) is 4.22. The van der Waals surface area contributed by atoms with Gasteiger partial charge in [0.2, 0.25) is 0 Å². The molecule has 0 spiro atoms. The van der Waals surface area contributed by atoms with Gasteiger partial charge in [0.15, 0.2) is 5.82 Å². The highest BCUT2D eigenvalue weighted by Crippen LogP contribution is 2.33. The number of aromatic amines is 2. The second kappa shape index (κ2) is 9.35. The molecule has 0 amide bonds. The first-order valence-corrected chi connectivity index (χ1v) is 11.2. The Labute approximate surface area is 197 Å². The molecule has 1 aliphatic rings. The highest BCUT2D eigenvalue weighted by atomic mass is 19.4. The zero-order valence-electron chi connectivity index (χ0n) is 18.5. The van der Waals surface area contributed by atoms with Crippen molar-refractivity contribution in [2.24, 2.45) is 5.92 Å². The number of rotatable bonds is 9. The van der Waals surface area contributed by atoms with Gasteiger partial charge in [0.25, 0.3) is 5.56 Å². The average Bonchev–Trinajstić information content (AvgIpc) is 3.27. The molecule has 1 aliphatic carbocycles. The molecule has 182 valence electrons. The Morgan fingerprint density at radius 3 is 2.63 bits per heavy atom. The van der Waals surface area contributed by atoms with Gasteiger partial charge in [-0.1, -0.05) is 0 Å². The summed E-state index contributed by atoms with van der Waals surface area (Å²) in [5.74, 6) is 1.32. The van der Waals surface area contributed by atoms with Crippen LogP contribution in [0, 0.1) is 5.92 Å². The number of pyridine rings is 1. The van der Waals surface area contributed by atoms with Crippen molar-refractivity contribution in [3.8, 4) is 39.7 Å². The quantitative estimate of drug-likeness (QED) is 0.343. The van der Waals surface area contributed by atoms with Gasteiger partial charge < -0.3 is 9.72 Å². The number of aromatic nitrogens is 7. The van der Waals surface area contributed by atoms with Crippen LogP contribution in [0.15, 0.2) is 47.4 Å². The van der Waals surface area contributed by atoms with Gasteiger partial charge in [0.05, 0.1) is 17.9 Å². The number of nitrogens with zero attached hydrogens (tertiary/aromatic N) is 5. The van der Waals surface area contributed by atoms with Gasteiger partial charge in [-0.25, -0.2) is 5.10 Å². The topological polar surface area (TPSA) is 114 Å². The van der Waals surface area contributed by atoms with Gasteiger partial charge in [-0.15, -0.1) is 5.10 Å². The average molecular weight is 485 g/mol. The van der Waals surface area contributed by atoms with Crippen molar-refractivity contribution in [3.63, 3.8) is 0 Å². The van der Waals surface area contributed by atoms with E-state index in [4.69, 9.17) is 4.74 Å². The van der Waals surface area contributed by atoms with Crippen LogP contribution in [-0.2, 0) is 6.54 Å². The maximum absolute atomic E-state index is 13.1. The molecule has 0 bridgehead atoms. The second-order valence-electron chi connectivity index (χ2n) is 8.51. The standard InChI is InChI=1S/C23H22F3N7O2/c24-23(25,26)9-1-11-35-16-6-4-15(5-7-16)19-12-17(18-8-10-33(30-18)13-14-2-3-14)20(22(34)27-19)21-28-31-32-29-21/h4-8,10,12,14H,1-3,9,11,13H2,(H,27,34)(H,28,29,31,32). The van der Waals surface area contributed by atoms with E-state index in [1.54, 1.807) is 24.3 Å². The van der Waals surface area contributed by atoms with E-state index in [1.807, 2.05) is 23.0 Å². The van der Waals surface area contributed by atoms with Gasteiger partial charge in [0.1, 0.15) is 5.75 Å². The Morgan fingerprint density at radius 2 is 1.94 bits per heavy atom. The van der Waals surface area contributed by atoms with Crippen LogP contribution in [0.4, 0.5) is 13.2 Å². The predicted molar refractivity (Wildman–Crippen MR) is 120 cm³/mol. The summed E-state index contributed by atoms with van der Waals surface area (Å²) in [4.78, 5) is 16.0. The summed E-state index contributed by atoms with van der Waals surface area (Å²) in [5.41, 5.74) is 2.32. The Kier molecular flexibility index (Phi) is 6.10. The zero-order chi connectivity index (χ0) is 24.4. The van der Waals surface area contributed by atoms with Crippen molar-refractivity contribution in [2.75, 3.05) is 6.61 Å². The van der Waals surface area contributed by atoms with Crippen molar-refractivity contribution in [1.29, 1.82) is 0 Å². The Balaban J connectivity index is 1.42. The molecule has 0 atom stereocenters. The fourth-order valence-corrected chi connectivity index (χ4v) is 3.78. The maximum atomic E-state index is 13.1. The first-order chi connectivity index (χ1) is 16.9. The Morgan fingerprint density at radius 1 is 1.14 bits per heavy atom. The molecule has 1 saturated carbocycles. The van der Waals surface area contributed by atoms with E-state index in [0.29, 0.717) is 34.2 Å². The fraction of sp³-hybridized carbons (Fsp3) is 0.348.